The van der Waals surface area contributed by atoms with E-state index in [0.29, 0.717) is 11.4 Å². The highest BCUT2D eigenvalue weighted by Crippen LogP contribution is 2.20. The molecule has 0 atom stereocenters. The van der Waals surface area contributed by atoms with Gasteiger partial charge in [0.25, 0.3) is 5.56 Å². The van der Waals surface area contributed by atoms with Gasteiger partial charge >= 0.3 is 5.69 Å². The fraction of sp³-hybridized carbons (Fsp3) is 0.105. The first-order valence-electron chi connectivity index (χ1n) is 7.82. The van der Waals surface area contributed by atoms with E-state index in [1.54, 1.807) is 18.2 Å². The van der Waals surface area contributed by atoms with Gasteiger partial charge in [0.05, 0.1) is 11.4 Å². The van der Waals surface area contributed by atoms with Gasteiger partial charge in [0.1, 0.15) is 5.56 Å². The second kappa shape index (κ2) is 7.28. The van der Waals surface area contributed by atoms with Gasteiger partial charge in [-0.3, -0.25) is 14.8 Å². The molecule has 0 saturated heterocycles. The lowest BCUT2D eigenvalue weighted by Gasteiger charge is -2.12. The zero-order chi connectivity index (χ0) is 18.8. The van der Waals surface area contributed by atoms with Gasteiger partial charge in [0.15, 0.2) is 0 Å². The van der Waals surface area contributed by atoms with E-state index < -0.39 is 17.1 Å². The van der Waals surface area contributed by atoms with E-state index in [2.05, 4.69) is 32.6 Å². The van der Waals surface area contributed by atoms with Crippen LogP contribution in [-0.4, -0.2) is 20.9 Å². The molecule has 2 N–H and O–H groups in total. The van der Waals surface area contributed by atoms with E-state index in [4.69, 9.17) is 0 Å². The zero-order valence-corrected chi connectivity index (χ0v) is 16.3. The fourth-order valence-electron chi connectivity index (χ4n) is 2.60. The second-order valence-electron chi connectivity index (χ2n) is 5.86. The number of halogens is 1. The van der Waals surface area contributed by atoms with E-state index in [1.807, 2.05) is 38.1 Å². The van der Waals surface area contributed by atoms with E-state index >= 15 is 0 Å². The van der Waals surface area contributed by atoms with E-state index in [0.717, 1.165) is 19.3 Å². The maximum atomic E-state index is 12.3. The van der Waals surface area contributed by atoms with Gasteiger partial charge in [-0.25, -0.2) is 9.36 Å². The van der Waals surface area contributed by atoms with Crippen LogP contribution in [0.3, 0.4) is 0 Å². The van der Waals surface area contributed by atoms with Crippen molar-refractivity contribution in [2.24, 2.45) is 4.99 Å². The smallest absolute Gasteiger partial charge is 0.335 e. The minimum absolute atomic E-state index is 0.0804. The van der Waals surface area contributed by atoms with Gasteiger partial charge in [-0.15, -0.1) is 0 Å². The number of rotatable bonds is 3. The number of hydrogen-bond donors (Lipinski definition) is 2. The van der Waals surface area contributed by atoms with Crippen LogP contribution in [0, 0.1) is 17.4 Å². The van der Waals surface area contributed by atoms with Gasteiger partial charge in [-0.05, 0) is 72.3 Å². The summed E-state index contributed by atoms with van der Waals surface area (Å²) in [6.07, 6.45) is 1.26. The molecule has 6 nitrogen and oxygen atoms in total. The molecule has 0 radical (unpaired) electrons. The summed E-state index contributed by atoms with van der Waals surface area (Å²) < 4.78 is 2.14. The molecule has 0 aliphatic rings. The van der Waals surface area contributed by atoms with Crippen molar-refractivity contribution in [3.8, 4) is 11.6 Å². The molecule has 0 saturated carbocycles. The van der Waals surface area contributed by atoms with Crippen LogP contribution in [0.15, 0.2) is 57.0 Å². The molecule has 3 rings (SSSR count). The SMILES string of the molecule is Cc1ccc(-n2c(O)c(C=Nc3ccc(I)cc3)c(=O)[nH]c2=O)c(C)c1. The Labute approximate surface area is 163 Å². The molecule has 0 unspecified atom stereocenters. The lowest BCUT2D eigenvalue weighted by atomic mass is 10.1. The Balaban J connectivity index is 2.14. The number of aromatic nitrogens is 2. The van der Waals surface area contributed by atoms with Crippen molar-refractivity contribution in [3.63, 3.8) is 0 Å². The monoisotopic (exact) mass is 461 g/mol. The van der Waals surface area contributed by atoms with Crippen molar-refractivity contribution in [1.29, 1.82) is 0 Å². The molecule has 0 fully saturated rings. The molecule has 0 bridgehead atoms. The van der Waals surface area contributed by atoms with Crippen molar-refractivity contribution in [1.82, 2.24) is 9.55 Å². The largest absolute Gasteiger partial charge is 0.493 e. The molecular weight excluding hydrogens is 445 g/mol. The molecule has 132 valence electrons. The molecule has 0 aliphatic carbocycles. The Bertz CT molecular complexity index is 1110. The summed E-state index contributed by atoms with van der Waals surface area (Å²) in [4.78, 5) is 30.9. The predicted octanol–water partition coefficient (Wildman–Crippen LogP) is 3.20. The average Bonchev–Trinajstić information content (AvgIpc) is 2.58. The predicted molar refractivity (Wildman–Crippen MR) is 110 cm³/mol. The Kier molecular flexibility index (Phi) is 5.08. The number of aliphatic imine (C=N–C) groups is 1. The van der Waals surface area contributed by atoms with Gasteiger partial charge in [-0.1, -0.05) is 17.7 Å². The molecule has 2 aromatic carbocycles. The maximum Gasteiger partial charge on any atom is 0.335 e. The first-order chi connectivity index (χ1) is 12.4. The minimum atomic E-state index is -0.703. The van der Waals surface area contributed by atoms with Crippen LogP contribution in [0.1, 0.15) is 16.7 Å². The van der Waals surface area contributed by atoms with E-state index in [1.165, 1.54) is 6.21 Å². The summed E-state index contributed by atoms with van der Waals surface area (Å²) in [5.74, 6) is -0.444. The molecule has 0 amide bonds. The summed E-state index contributed by atoms with van der Waals surface area (Å²) in [6.45, 7) is 3.77. The van der Waals surface area contributed by atoms with Crippen LogP contribution < -0.4 is 11.2 Å². The van der Waals surface area contributed by atoms with Crippen LogP contribution >= 0.6 is 22.6 Å². The van der Waals surface area contributed by atoms with Crippen molar-refractivity contribution >= 4 is 34.5 Å². The van der Waals surface area contributed by atoms with Crippen LogP contribution in [0.4, 0.5) is 5.69 Å². The number of nitrogens with one attached hydrogen (secondary N) is 1. The third-order valence-corrected chi connectivity index (χ3v) is 4.60. The van der Waals surface area contributed by atoms with Crippen LogP contribution in [-0.2, 0) is 0 Å². The van der Waals surface area contributed by atoms with Crippen LogP contribution in [0.25, 0.3) is 5.69 Å². The van der Waals surface area contributed by atoms with Crippen molar-refractivity contribution in [2.45, 2.75) is 13.8 Å². The first kappa shape index (κ1) is 18.1. The summed E-state index contributed by atoms with van der Waals surface area (Å²) in [5.41, 5.74) is 1.49. The molecule has 7 heteroatoms. The Morgan fingerprint density at radius 2 is 1.81 bits per heavy atom. The molecule has 0 aliphatic heterocycles. The number of hydrogen-bond acceptors (Lipinski definition) is 4. The van der Waals surface area contributed by atoms with Crippen LogP contribution in [0.2, 0.25) is 0 Å². The number of aromatic amines is 1. The topological polar surface area (TPSA) is 87.4 Å². The zero-order valence-electron chi connectivity index (χ0n) is 14.2. The Hall–Kier alpha value is -2.68. The molecule has 1 heterocycles. The quantitative estimate of drug-likeness (QED) is 0.464. The van der Waals surface area contributed by atoms with Crippen molar-refractivity contribution < 1.29 is 5.11 Å². The lowest BCUT2D eigenvalue weighted by Crippen LogP contribution is -2.31. The number of aromatic hydroxyl groups is 1. The van der Waals surface area contributed by atoms with E-state index in [-0.39, 0.29) is 5.56 Å². The first-order valence-corrected chi connectivity index (χ1v) is 8.90. The third kappa shape index (κ3) is 3.62. The minimum Gasteiger partial charge on any atom is -0.493 e. The number of nitrogens with zero attached hydrogens (tertiary/aromatic N) is 2. The van der Waals surface area contributed by atoms with Gasteiger partial charge < -0.3 is 5.11 Å². The Morgan fingerprint density at radius 3 is 2.46 bits per heavy atom. The van der Waals surface area contributed by atoms with Gasteiger partial charge in [0, 0.05) is 9.78 Å². The summed E-state index contributed by atoms with van der Waals surface area (Å²) in [7, 11) is 0. The maximum absolute atomic E-state index is 12.3. The molecule has 0 spiro atoms. The van der Waals surface area contributed by atoms with E-state index in [9.17, 15) is 14.7 Å². The summed E-state index contributed by atoms with van der Waals surface area (Å²) in [5, 5.41) is 10.6. The highest BCUT2D eigenvalue weighted by Gasteiger charge is 2.15. The highest BCUT2D eigenvalue weighted by atomic mass is 127. The second-order valence-corrected chi connectivity index (χ2v) is 7.10. The van der Waals surface area contributed by atoms with Crippen molar-refractivity contribution in [2.75, 3.05) is 0 Å². The van der Waals surface area contributed by atoms with Gasteiger partial charge in [0.2, 0.25) is 5.88 Å². The molecule has 1 aromatic heterocycles. The number of aryl methyl sites for hydroxylation is 2. The molecule has 26 heavy (non-hydrogen) atoms. The molecule has 3 aromatic rings. The molecular formula is C19H16IN3O3. The standard InChI is InChI=1S/C19H16IN3O3/c1-11-3-8-16(12(2)9-11)23-18(25)15(17(24)22-19(23)26)10-21-14-6-4-13(20)5-7-14/h3-10,25H,1-2H3,(H,22,24,26). The van der Waals surface area contributed by atoms with Crippen molar-refractivity contribution in [3.05, 3.63) is 83.6 Å². The number of H-pyrrole nitrogens is 1. The average molecular weight is 461 g/mol. The Morgan fingerprint density at radius 1 is 1.12 bits per heavy atom. The van der Waals surface area contributed by atoms with Gasteiger partial charge in [-0.2, -0.15) is 0 Å². The fourth-order valence-corrected chi connectivity index (χ4v) is 2.96. The number of benzene rings is 2. The third-order valence-electron chi connectivity index (χ3n) is 3.88. The highest BCUT2D eigenvalue weighted by molar-refractivity contribution is 14.1. The summed E-state index contributed by atoms with van der Waals surface area (Å²) in [6, 6.07) is 12.8. The normalized spacial score (nSPS) is 11.2. The van der Waals surface area contributed by atoms with Crippen LogP contribution in [0.5, 0.6) is 5.88 Å². The summed E-state index contributed by atoms with van der Waals surface area (Å²) >= 11 is 2.18. The lowest BCUT2D eigenvalue weighted by molar-refractivity contribution is 0.430.